The molecule has 4 N–H and O–H groups in total. The van der Waals surface area contributed by atoms with Crippen molar-refractivity contribution in [3.8, 4) is 0 Å². The van der Waals surface area contributed by atoms with E-state index in [9.17, 15) is 4.79 Å². The Hall–Kier alpha value is -1.75. The zero-order chi connectivity index (χ0) is 14.7. The van der Waals surface area contributed by atoms with Crippen molar-refractivity contribution in [3.63, 3.8) is 0 Å². The van der Waals surface area contributed by atoms with Gasteiger partial charge in [-0.25, -0.2) is 0 Å². The molecular weight excluding hydrogens is 252 g/mol. The Balaban J connectivity index is 2.09. The van der Waals surface area contributed by atoms with Gasteiger partial charge in [0, 0.05) is 31.0 Å². The molecule has 1 aromatic rings. The molecule has 0 spiro atoms. The zero-order valence-electron chi connectivity index (χ0n) is 12.3. The number of anilines is 2. The van der Waals surface area contributed by atoms with Gasteiger partial charge in [-0.3, -0.25) is 4.79 Å². The van der Waals surface area contributed by atoms with E-state index in [1.807, 2.05) is 12.1 Å². The molecular formula is C15H24N4O. The van der Waals surface area contributed by atoms with Gasteiger partial charge in [-0.05, 0) is 51.1 Å². The quantitative estimate of drug-likeness (QED) is 0.809. The van der Waals surface area contributed by atoms with Crippen LogP contribution in [0.25, 0.3) is 0 Å². The maximum Gasteiger partial charge on any atom is 0.250 e. The minimum Gasteiger partial charge on any atom is -0.399 e. The van der Waals surface area contributed by atoms with Crippen molar-refractivity contribution in [1.29, 1.82) is 0 Å². The summed E-state index contributed by atoms with van der Waals surface area (Å²) in [5, 5.41) is 0. The van der Waals surface area contributed by atoms with Crippen molar-refractivity contribution < 1.29 is 4.79 Å². The van der Waals surface area contributed by atoms with E-state index in [0.717, 1.165) is 44.1 Å². The molecule has 5 nitrogen and oxygen atoms in total. The van der Waals surface area contributed by atoms with Gasteiger partial charge in [0.2, 0.25) is 0 Å². The van der Waals surface area contributed by atoms with E-state index in [4.69, 9.17) is 11.5 Å². The number of nitrogen functional groups attached to an aromatic ring is 1. The van der Waals surface area contributed by atoms with E-state index in [0.29, 0.717) is 11.3 Å². The number of nitrogens with zero attached hydrogens (tertiary/aromatic N) is 2. The van der Waals surface area contributed by atoms with Gasteiger partial charge in [-0.1, -0.05) is 0 Å². The summed E-state index contributed by atoms with van der Waals surface area (Å²) in [6.45, 7) is 3.05. The predicted molar refractivity (Wildman–Crippen MR) is 82.9 cm³/mol. The molecule has 0 bridgehead atoms. The van der Waals surface area contributed by atoms with Crippen LogP contribution in [-0.4, -0.2) is 44.5 Å². The van der Waals surface area contributed by atoms with Crippen molar-refractivity contribution in [2.75, 3.05) is 44.4 Å². The summed E-state index contributed by atoms with van der Waals surface area (Å²) in [6, 6.07) is 5.40. The average molecular weight is 276 g/mol. The molecule has 1 heterocycles. The van der Waals surface area contributed by atoms with Crippen molar-refractivity contribution in [3.05, 3.63) is 23.8 Å². The summed E-state index contributed by atoms with van der Waals surface area (Å²) in [5.74, 6) is 0.315. The lowest BCUT2D eigenvalue weighted by Gasteiger charge is -2.35. The summed E-state index contributed by atoms with van der Waals surface area (Å²) < 4.78 is 0. The summed E-state index contributed by atoms with van der Waals surface area (Å²) in [7, 11) is 4.22. The number of hydrogen-bond acceptors (Lipinski definition) is 4. The molecule has 110 valence electrons. The van der Waals surface area contributed by atoms with Crippen LogP contribution in [-0.2, 0) is 0 Å². The van der Waals surface area contributed by atoms with Gasteiger partial charge in [0.25, 0.3) is 5.91 Å². The second-order valence-electron chi connectivity index (χ2n) is 5.83. The van der Waals surface area contributed by atoms with Crippen LogP contribution in [0.15, 0.2) is 18.2 Å². The maximum absolute atomic E-state index is 11.6. The predicted octanol–water partition coefficient (Wildman–Crippen LogP) is 1.15. The molecule has 1 saturated heterocycles. The second kappa shape index (κ2) is 6.13. The molecule has 1 aliphatic rings. The molecule has 0 atom stereocenters. The smallest absolute Gasteiger partial charge is 0.250 e. The first-order valence-electron chi connectivity index (χ1n) is 7.06. The van der Waals surface area contributed by atoms with E-state index < -0.39 is 5.91 Å². The Morgan fingerprint density at radius 1 is 1.35 bits per heavy atom. The molecule has 1 amide bonds. The monoisotopic (exact) mass is 276 g/mol. The highest BCUT2D eigenvalue weighted by atomic mass is 16.1. The van der Waals surface area contributed by atoms with Crippen LogP contribution in [0.3, 0.4) is 0 Å². The fourth-order valence-corrected chi connectivity index (χ4v) is 2.90. The first-order chi connectivity index (χ1) is 9.47. The highest BCUT2D eigenvalue weighted by Crippen LogP contribution is 2.27. The molecule has 0 unspecified atom stereocenters. The van der Waals surface area contributed by atoms with E-state index >= 15 is 0 Å². The number of nitrogens with two attached hydrogens (primary N) is 2. The van der Waals surface area contributed by atoms with Crippen molar-refractivity contribution in [2.45, 2.75) is 12.8 Å². The van der Waals surface area contributed by atoms with Crippen molar-refractivity contribution >= 4 is 17.3 Å². The largest absolute Gasteiger partial charge is 0.399 e. The Bertz CT molecular complexity index is 479. The van der Waals surface area contributed by atoms with E-state index in [2.05, 4.69) is 23.9 Å². The van der Waals surface area contributed by atoms with Gasteiger partial charge in [0.15, 0.2) is 0 Å². The maximum atomic E-state index is 11.6. The second-order valence-corrected chi connectivity index (χ2v) is 5.83. The van der Waals surface area contributed by atoms with Gasteiger partial charge in [-0.2, -0.15) is 0 Å². The number of rotatable bonds is 4. The lowest BCUT2D eigenvalue weighted by molar-refractivity contribution is 0.100. The number of piperidine rings is 1. The molecule has 2 rings (SSSR count). The molecule has 0 aliphatic carbocycles. The topological polar surface area (TPSA) is 75.6 Å². The molecule has 1 aliphatic heterocycles. The third-order valence-electron chi connectivity index (χ3n) is 3.86. The fraction of sp³-hybridized carbons (Fsp3) is 0.533. The lowest BCUT2D eigenvalue weighted by atomic mass is 9.95. The first-order valence-corrected chi connectivity index (χ1v) is 7.06. The number of carbonyl (C=O) groups is 1. The van der Waals surface area contributed by atoms with E-state index in [1.165, 1.54) is 0 Å². The molecule has 0 aromatic heterocycles. The third-order valence-corrected chi connectivity index (χ3v) is 3.86. The number of primary amides is 1. The van der Waals surface area contributed by atoms with Crippen LogP contribution in [0.5, 0.6) is 0 Å². The third kappa shape index (κ3) is 3.42. The van der Waals surface area contributed by atoms with Gasteiger partial charge < -0.3 is 21.3 Å². The van der Waals surface area contributed by atoms with Crippen LogP contribution in [0.2, 0.25) is 0 Å². The van der Waals surface area contributed by atoms with Gasteiger partial charge in [0.05, 0.1) is 5.56 Å². The summed E-state index contributed by atoms with van der Waals surface area (Å²) in [4.78, 5) is 16.0. The normalized spacial score (nSPS) is 16.6. The van der Waals surface area contributed by atoms with E-state index in [-0.39, 0.29) is 0 Å². The molecule has 1 fully saturated rings. The number of benzene rings is 1. The Kier molecular flexibility index (Phi) is 4.49. The lowest BCUT2D eigenvalue weighted by Crippen LogP contribution is -2.38. The highest BCUT2D eigenvalue weighted by Gasteiger charge is 2.22. The summed E-state index contributed by atoms with van der Waals surface area (Å²) in [6.07, 6.45) is 2.28. The van der Waals surface area contributed by atoms with Crippen LogP contribution in [0.1, 0.15) is 23.2 Å². The number of carbonyl (C=O) groups excluding carboxylic acids is 1. The number of hydrogen-bond donors (Lipinski definition) is 2. The minimum atomic E-state index is -0.414. The van der Waals surface area contributed by atoms with Gasteiger partial charge >= 0.3 is 0 Å². The SMILES string of the molecule is CN(C)CC1CCN(c2ccc(N)cc2C(N)=O)CC1. The average Bonchev–Trinajstić information content (AvgIpc) is 2.39. The van der Waals surface area contributed by atoms with Crippen molar-refractivity contribution in [1.82, 2.24) is 4.90 Å². The van der Waals surface area contributed by atoms with Crippen LogP contribution >= 0.6 is 0 Å². The standard InChI is InChI=1S/C15H24N4O/c1-18(2)10-11-5-7-19(8-6-11)14-4-3-12(16)9-13(14)15(17)20/h3-4,9,11H,5-8,10,16H2,1-2H3,(H2,17,20). The Morgan fingerprint density at radius 3 is 2.55 bits per heavy atom. The fourth-order valence-electron chi connectivity index (χ4n) is 2.90. The molecule has 20 heavy (non-hydrogen) atoms. The first kappa shape index (κ1) is 14.7. The molecule has 1 aromatic carbocycles. The summed E-state index contributed by atoms with van der Waals surface area (Å²) >= 11 is 0. The van der Waals surface area contributed by atoms with Crippen LogP contribution in [0, 0.1) is 5.92 Å². The van der Waals surface area contributed by atoms with Gasteiger partial charge in [0.1, 0.15) is 0 Å². The van der Waals surface area contributed by atoms with Crippen LogP contribution in [0.4, 0.5) is 11.4 Å². The molecule has 0 saturated carbocycles. The van der Waals surface area contributed by atoms with E-state index in [1.54, 1.807) is 6.07 Å². The van der Waals surface area contributed by atoms with Crippen LogP contribution < -0.4 is 16.4 Å². The Morgan fingerprint density at radius 2 is 2.00 bits per heavy atom. The highest BCUT2D eigenvalue weighted by molar-refractivity contribution is 5.99. The molecule has 0 radical (unpaired) electrons. The number of amides is 1. The van der Waals surface area contributed by atoms with Crippen molar-refractivity contribution in [2.24, 2.45) is 11.7 Å². The summed E-state index contributed by atoms with van der Waals surface area (Å²) in [5.41, 5.74) is 13.2. The zero-order valence-corrected chi connectivity index (χ0v) is 12.3. The minimum absolute atomic E-state index is 0.414. The molecule has 5 heteroatoms. The Labute approximate surface area is 120 Å². The van der Waals surface area contributed by atoms with Gasteiger partial charge in [-0.15, -0.1) is 0 Å².